The highest BCUT2D eigenvalue weighted by molar-refractivity contribution is 5.98. The maximum Gasteiger partial charge on any atom is 0.254 e. The van der Waals surface area contributed by atoms with E-state index < -0.39 is 0 Å². The number of carbonyl (C=O) groups is 1. The topological polar surface area (TPSA) is 23.6 Å². The molecular weight excluding hydrogens is 327 g/mol. The fraction of sp³-hybridized carbons (Fsp3) is 0.409. The lowest BCUT2D eigenvalue weighted by Gasteiger charge is -2.33. The highest BCUT2D eigenvalue weighted by Gasteiger charge is 2.29. The number of fused-ring (bicyclic) bond motifs is 1. The van der Waals surface area contributed by atoms with Gasteiger partial charge in [-0.05, 0) is 67.6 Å². The van der Waals surface area contributed by atoms with E-state index in [1.807, 2.05) is 35.2 Å². The van der Waals surface area contributed by atoms with Crippen LogP contribution in [0.5, 0.6) is 0 Å². The zero-order valence-electron chi connectivity index (χ0n) is 15.0. The fourth-order valence-electron chi connectivity index (χ4n) is 4.10. The van der Waals surface area contributed by atoms with Crippen molar-refractivity contribution in [1.29, 1.82) is 0 Å². The molecule has 1 saturated heterocycles. The van der Waals surface area contributed by atoms with Gasteiger partial charge in [0.15, 0.2) is 0 Å². The highest BCUT2D eigenvalue weighted by Crippen LogP contribution is 2.26. The van der Waals surface area contributed by atoms with Gasteiger partial charge in [0.25, 0.3) is 5.91 Å². The molecule has 1 amide bonds. The van der Waals surface area contributed by atoms with Crippen LogP contribution in [0.3, 0.4) is 0 Å². The zero-order chi connectivity index (χ0) is 17.9. The summed E-state index contributed by atoms with van der Waals surface area (Å²) in [6.07, 6.45) is 3.25. The van der Waals surface area contributed by atoms with Gasteiger partial charge in [-0.1, -0.05) is 30.3 Å². The van der Waals surface area contributed by atoms with Crippen LogP contribution in [-0.4, -0.2) is 41.9 Å². The van der Waals surface area contributed by atoms with Crippen LogP contribution < -0.4 is 0 Å². The van der Waals surface area contributed by atoms with E-state index in [4.69, 9.17) is 0 Å². The van der Waals surface area contributed by atoms with Crippen molar-refractivity contribution in [2.45, 2.75) is 25.8 Å². The molecule has 0 saturated carbocycles. The van der Waals surface area contributed by atoms with Crippen LogP contribution in [0.2, 0.25) is 0 Å². The average molecular weight is 352 g/mol. The van der Waals surface area contributed by atoms with Gasteiger partial charge in [-0.25, -0.2) is 4.39 Å². The molecule has 26 heavy (non-hydrogen) atoms. The van der Waals surface area contributed by atoms with Crippen LogP contribution in [0.4, 0.5) is 4.39 Å². The van der Waals surface area contributed by atoms with Crippen LogP contribution in [0.1, 0.15) is 34.3 Å². The number of rotatable bonds is 5. The van der Waals surface area contributed by atoms with Crippen LogP contribution in [0.15, 0.2) is 48.5 Å². The molecule has 2 aromatic rings. The molecule has 0 aliphatic carbocycles. The van der Waals surface area contributed by atoms with Crippen molar-refractivity contribution in [3.05, 3.63) is 71.0 Å². The molecule has 2 aliphatic rings. The quantitative estimate of drug-likeness (QED) is 0.818. The van der Waals surface area contributed by atoms with Crippen LogP contribution in [0, 0.1) is 11.7 Å². The Morgan fingerprint density at radius 1 is 1.00 bits per heavy atom. The van der Waals surface area contributed by atoms with E-state index in [2.05, 4.69) is 11.0 Å². The third-order valence-corrected chi connectivity index (χ3v) is 5.71. The smallest absolute Gasteiger partial charge is 0.254 e. The maximum atomic E-state index is 13.0. The van der Waals surface area contributed by atoms with Crippen LogP contribution in [-0.2, 0) is 13.0 Å². The Kier molecular flexibility index (Phi) is 5.02. The first kappa shape index (κ1) is 17.2. The van der Waals surface area contributed by atoms with E-state index in [1.54, 1.807) is 0 Å². The number of amides is 1. The molecule has 2 heterocycles. The number of hydrogen-bond acceptors (Lipinski definition) is 2. The molecule has 4 rings (SSSR count). The van der Waals surface area contributed by atoms with Crippen LogP contribution in [0.25, 0.3) is 0 Å². The number of carbonyl (C=O) groups excluding carboxylic acids is 1. The van der Waals surface area contributed by atoms with Gasteiger partial charge < -0.3 is 9.80 Å². The van der Waals surface area contributed by atoms with Crippen molar-refractivity contribution < 1.29 is 9.18 Å². The summed E-state index contributed by atoms with van der Waals surface area (Å²) < 4.78 is 13.0. The Hall–Kier alpha value is -2.20. The van der Waals surface area contributed by atoms with Crippen LogP contribution >= 0.6 is 0 Å². The minimum Gasteiger partial charge on any atom is -0.334 e. The first-order chi connectivity index (χ1) is 12.7. The molecule has 0 atom stereocenters. The summed E-state index contributed by atoms with van der Waals surface area (Å²) in [4.78, 5) is 17.0. The molecule has 0 radical (unpaired) electrons. The Morgan fingerprint density at radius 3 is 2.46 bits per heavy atom. The van der Waals surface area contributed by atoms with Crippen molar-refractivity contribution >= 4 is 5.91 Å². The second kappa shape index (κ2) is 7.58. The van der Waals surface area contributed by atoms with E-state index in [-0.39, 0.29) is 11.7 Å². The maximum absolute atomic E-state index is 13.0. The molecule has 136 valence electrons. The predicted molar refractivity (Wildman–Crippen MR) is 100 cm³/mol. The van der Waals surface area contributed by atoms with Gasteiger partial charge in [-0.2, -0.15) is 0 Å². The van der Waals surface area contributed by atoms with Gasteiger partial charge in [0.2, 0.25) is 0 Å². The monoisotopic (exact) mass is 352 g/mol. The summed E-state index contributed by atoms with van der Waals surface area (Å²) in [5.74, 6) is 0.614. The summed E-state index contributed by atoms with van der Waals surface area (Å²) in [7, 11) is 0. The van der Waals surface area contributed by atoms with Crippen molar-refractivity contribution in [3.8, 4) is 0 Å². The number of nitrogens with zero attached hydrogens (tertiary/aromatic N) is 2. The number of hydrogen-bond donors (Lipinski definition) is 0. The van der Waals surface area contributed by atoms with Gasteiger partial charge >= 0.3 is 0 Å². The molecule has 4 heteroatoms. The van der Waals surface area contributed by atoms with E-state index >= 15 is 0 Å². The van der Waals surface area contributed by atoms with Crippen molar-refractivity contribution in [2.75, 3.05) is 26.2 Å². The van der Waals surface area contributed by atoms with Crippen molar-refractivity contribution in [2.24, 2.45) is 5.92 Å². The molecule has 2 aliphatic heterocycles. The third-order valence-electron chi connectivity index (χ3n) is 5.71. The SMILES string of the molecule is O=C1c2ccccc2CN1CC1CCN(CCc2ccc(F)cc2)CC1. The van der Waals surface area contributed by atoms with Crippen molar-refractivity contribution in [1.82, 2.24) is 9.80 Å². The highest BCUT2D eigenvalue weighted by atomic mass is 19.1. The summed E-state index contributed by atoms with van der Waals surface area (Å²) in [6.45, 7) is 4.83. The van der Waals surface area contributed by atoms with Gasteiger partial charge in [0.05, 0.1) is 0 Å². The van der Waals surface area contributed by atoms with Gasteiger partial charge in [0.1, 0.15) is 5.82 Å². The molecule has 0 bridgehead atoms. The first-order valence-corrected chi connectivity index (χ1v) is 9.53. The van der Waals surface area contributed by atoms with E-state index in [0.717, 1.165) is 63.1 Å². The van der Waals surface area contributed by atoms with E-state index in [0.29, 0.717) is 5.92 Å². The Labute approximate surface area is 154 Å². The number of likely N-dealkylation sites (tertiary alicyclic amines) is 1. The van der Waals surface area contributed by atoms with Crippen molar-refractivity contribution in [3.63, 3.8) is 0 Å². The summed E-state index contributed by atoms with van der Waals surface area (Å²) in [5.41, 5.74) is 3.23. The summed E-state index contributed by atoms with van der Waals surface area (Å²) in [6, 6.07) is 14.8. The normalized spacial score (nSPS) is 18.3. The number of piperidine rings is 1. The van der Waals surface area contributed by atoms with Gasteiger partial charge in [0, 0.05) is 25.2 Å². The van der Waals surface area contributed by atoms with Gasteiger partial charge in [-0.15, -0.1) is 0 Å². The lowest BCUT2D eigenvalue weighted by Crippen LogP contribution is -2.39. The minimum absolute atomic E-state index is 0.173. The molecular formula is C22H25FN2O. The van der Waals surface area contributed by atoms with Gasteiger partial charge in [-0.3, -0.25) is 4.79 Å². The second-order valence-electron chi connectivity index (χ2n) is 7.50. The number of benzene rings is 2. The molecule has 2 aromatic carbocycles. The van der Waals surface area contributed by atoms with E-state index in [9.17, 15) is 9.18 Å². The standard InChI is InChI=1S/C22H25FN2O/c23-20-7-5-17(6-8-20)9-12-24-13-10-18(11-14-24)15-25-16-19-3-1-2-4-21(19)22(25)26/h1-8,18H,9-16H2. The fourth-order valence-corrected chi connectivity index (χ4v) is 4.10. The first-order valence-electron chi connectivity index (χ1n) is 9.53. The molecule has 0 unspecified atom stereocenters. The largest absolute Gasteiger partial charge is 0.334 e. The molecule has 0 N–H and O–H groups in total. The molecule has 0 aromatic heterocycles. The Morgan fingerprint density at radius 2 is 1.73 bits per heavy atom. The number of halogens is 1. The average Bonchev–Trinajstić information content (AvgIpc) is 2.98. The second-order valence-corrected chi connectivity index (χ2v) is 7.50. The Bertz CT molecular complexity index is 766. The molecule has 0 spiro atoms. The Balaban J connectivity index is 1.23. The third kappa shape index (κ3) is 3.80. The minimum atomic E-state index is -0.173. The lowest BCUT2D eigenvalue weighted by atomic mass is 9.96. The predicted octanol–water partition coefficient (Wildman–Crippen LogP) is 3.74. The summed E-state index contributed by atoms with van der Waals surface area (Å²) >= 11 is 0. The van der Waals surface area contributed by atoms with E-state index in [1.165, 1.54) is 17.7 Å². The zero-order valence-corrected chi connectivity index (χ0v) is 15.0. The summed E-state index contributed by atoms with van der Waals surface area (Å²) in [5, 5.41) is 0. The molecule has 3 nitrogen and oxygen atoms in total. The molecule has 1 fully saturated rings. The lowest BCUT2D eigenvalue weighted by molar-refractivity contribution is 0.0714.